The van der Waals surface area contributed by atoms with Crippen LogP contribution in [0.25, 0.3) is 37.7 Å². The Morgan fingerprint density at radius 1 is 0.709 bits per heavy atom. The molecule has 0 fully saturated rings. The molecule has 0 atom stereocenters. The second-order valence-corrected chi connectivity index (χ2v) is 29.3. The van der Waals surface area contributed by atoms with Crippen molar-refractivity contribution in [2.45, 2.75) is 58.1 Å². The van der Waals surface area contributed by atoms with Crippen LogP contribution in [0.2, 0.25) is 5.02 Å². The predicted molar refractivity (Wildman–Crippen MR) is 308 cm³/mol. The first kappa shape index (κ1) is 64.7. The summed E-state index contributed by atoms with van der Waals surface area (Å²) in [5.74, 6) is -2.97. The minimum Gasteiger partial charge on any atom is -0.493 e. The van der Waals surface area contributed by atoms with Crippen molar-refractivity contribution in [1.82, 2.24) is 14.4 Å². The van der Waals surface area contributed by atoms with E-state index >= 15 is 0 Å². The number of nitrogens with one attached hydrogen (secondary N) is 1. The molecule has 0 saturated carbocycles. The molecule has 8 N–H and O–H groups in total. The van der Waals surface area contributed by atoms with E-state index < -0.39 is 125 Å². The maximum Gasteiger partial charge on any atom is 0.296 e. The monoisotopic (exact) mass is 1360 g/mol. The molecule has 32 nitrogen and oxygen atoms in total. The average Bonchev–Trinajstić information content (AvgIpc) is 1.47. The maximum atomic E-state index is 12.7. The molecular formula is C45H38ClN11O21S8. The number of rotatable bonds is 21. The van der Waals surface area contributed by atoms with Crippen LogP contribution in [0.5, 0.6) is 11.6 Å². The number of azo groups is 3. The number of pyridine rings is 1. The Hall–Kier alpha value is -7.34. The van der Waals surface area contributed by atoms with Gasteiger partial charge in [-0.2, -0.15) is 60.9 Å². The molecule has 0 aliphatic carbocycles. The summed E-state index contributed by atoms with van der Waals surface area (Å²) >= 11 is 7.84. The molecule has 3 aromatic heterocycles. The van der Waals surface area contributed by atoms with E-state index in [2.05, 4.69) is 46.0 Å². The van der Waals surface area contributed by atoms with E-state index in [1.54, 1.807) is 0 Å². The Morgan fingerprint density at radius 2 is 1.33 bits per heavy atom. The number of hydrogen-bond donors (Lipinski definition) is 8. The van der Waals surface area contributed by atoms with Crippen molar-refractivity contribution in [1.29, 1.82) is 5.26 Å². The first-order valence-corrected chi connectivity index (χ1v) is 34.6. The van der Waals surface area contributed by atoms with E-state index in [1.165, 1.54) is 38.1 Å². The lowest BCUT2D eigenvalue weighted by Gasteiger charge is -2.13. The Balaban J connectivity index is 1.24. The largest absolute Gasteiger partial charge is 0.493 e. The zero-order valence-corrected chi connectivity index (χ0v) is 50.7. The van der Waals surface area contributed by atoms with Gasteiger partial charge in [0.2, 0.25) is 16.9 Å². The summed E-state index contributed by atoms with van der Waals surface area (Å²) < 4.78 is 210. The molecule has 0 aliphatic rings. The zero-order valence-electron chi connectivity index (χ0n) is 43.4. The number of aryl methyl sites for hydroxylation is 1. The fourth-order valence-corrected chi connectivity index (χ4v) is 14.1. The van der Waals surface area contributed by atoms with E-state index in [9.17, 15) is 93.0 Å². The van der Waals surface area contributed by atoms with Crippen molar-refractivity contribution in [2.75, 3.05) is 29.2 Å². The lowest BCUT2D eigenvalue weighted by molar-refractivity contribution is -0.114. The molecular weight excluding hydrogens is 1320 g/mol. The van der Waals surface area contributed by atoms with Gasteiger partial charge in [-0.15, -0.1) is 37.3 Å². The standard InChI is InChI=1S/C45H38ClN11O21S8/c1-20-10-32(53-55-39-21(2)27(19-47)43-49-34-13-24(84(69,70)71)12-28(46)41(34)57(43)44(39)59)35(78-6-4-8-81(60,61)62)17-29(20)51-54-33-16-30(48-22(3)58)31(18-36(33)79-7-5-9-82(63,64)65)52-56-45-50-40-38(86(75,76)77)15-25-26(42(40)80-45)11-23(83(66,67)68)14-37(25)85(72,73)74/h10-18,59H,4-9H2,1-3H3,(H,48,58)(H,60,61,62)(H,63,64,65)(H,66,67,68)(H,69,70,71)(H,72,73,74)(H,75,76,77). The minimum atomic E-state index is -5.36. The molecule has 5 aromatic carbocycles. The topological polar surface area (TPSA) is 513 Å². The van der Waals surface area contributed by atoms with Gasteiger partial charge < -0.3 is 15.2 Å². The number of thiazole rings is 1. The maximum absolute atomic E-state index is 12.7. The quantitative estimate of drug-likeness (QED) is 0.0144. The second-order valence-electron chi connectivity index (χ2n) is 18.0. The lowest BCUT2D eigenvalue weighted by atomic mass is 10.1. The van der Waals surface area contributed by atoms with Crippen molar-refractivity contribution in [2.24, 2.45) is 30.7 Å². The second kappa shape index (κ2) is 24.1. The van der Waals surface area contributed by atoms with Crippen LogP contribution in [0.4, 0.5) is 39.3 Å². The number of ether oxygens (including phenoxy) is 1. The van der Waals surface area contributed by atoms with Gasteiger partial charge in [-0.3, -0.25) is 36.5 Å². The third-order valence-corrected chi connectivity index (χ3v) is 19.3. The molecule has 454 valence electrons. The third kappa shape index (κ3) is 14.6. The minimum absolute atomic E-state index is 0.0243. The lowest BCUT2D eigenvalue weighted by Crippen LogP contribution is -2.08. The smallest absolute Gasteiger partial charge is 0.296 e. The normalized spacial score (nSPS) is 13.1. The number of carbonyl (C=O) groups is 1. The zero-order chi connectivity index (χ0) is 63.4. The van der Waals surface area contributed by atoms with Crippen molar-refractivity contribution in [3.8, 4) is 17.7 Å². The van der Waals surface area contributed by atoms with Crippen LogP contribution in [0.3, 0.4) is 0 Å². The van der Waals surface area contributed by atoms with Gasteiger partial charge >= 0.3 is 0 Å². The Labute approximate surface area is 498 Å². The molecule has 3 heterocycles. The average molecular weight is 1360 g/mol. The molecule has 41 heteroatoms. The molecule has 8 rings (SSSR count). The van der Waals surface area contributed by atoms with Crippen molar-refractivity contribution in [3.05, 3.63) is 76.3 Å². The third-order valence-electron chi connectivity index (χ3n) is 11.8. The van der Waals surface area contributed by atoms with E-state index in [-0.39, 0.29) is 113 Å². The number of aromatic hydroxyl groups is 1. The molecule has 0 aliphatic heterocycles. The van der Waals surface area contributed by atoms with Crippen LogP contribution in [0, 0.1) is 25.2 Å². The summed E-state index contributed by atoms with van der Waals surface area (Å²) in [5.41, 5.74) is -1.65. The number of fused-ring (bicyclic) bond motifs is 6. The van der Waals surface area contributed by atoms with Gasteiger partial charge in [-0.25, -0.2) is 9.97 Å². The highest BCUT2D eigenvalue weighted by Gasteiger charge is 2.29. The van der Waals surface area contributed by atoms with Crippen LogP contribution >= 0.6 is 34.7 Å². The number of anilines is 1. The van der Waals surface area contributed by atoms with E-state index in [4.69, 9.17) is 16.3 Å². The highest BCUT2D eigenvalue weighted by Crippen LogP contribution is 2.46. The first-order valence-electron chi connectivity index (χ1n) is 23.4. The summed E-state index contributed by atoms with van der Waals surface area (Å²) in [5, 5.41) is 48.1. The Kier molecular flexibility index (Phi) is 18.1. The summed E-state index contributed by atoms with van der Waals surface area (Å²) in [7, 11) is -29.5. The van der Waals surface area contributed by atoms with Gasteiger partial charge in [-0.05, 0) is 86.5 Å². The van der Waals surface area contributed by atoms with Crippen LogP contribution in [0.1, 0.15) is 36.5 Å². The number of thioether (sulfide) groups is 1. The number of nitrogens with zero attached hydrogens (tertiary/aromatic N) is 10. The molecule has 0 radical (unpaired) electrons. The van der Waals surface area contributed by atoms with Crippen LogP contribution in [-0.2, 0) is 65.5 Å². The summed E-state index contributed by atoms with van der Waals surface area (Å²) in [6.07, 6.45) is -0.402. The summed E-state index contributed by atoms with van der Waals surface area (Å²) in [6.45, 7) is 3.66. The van der Waals surface area contributed by atoms with E-state index in [0.29, 0.717) is 23.5 Å². The number of aromatic nitrogens is 3. The number of imidazole rings is 1. The van der Waals surface area contributed by atoms with Crippen LogP contribution in [0.15, 0.2) is 110 Å². The fourth-order valence-electron chi connectivity index (χ4n) is 8.11. The molecule has 86 heavy (non-hydrogen) atoms. The fraction of sp³-hybridized carbons (Fsp3) is 0.200. The van der Waals surface area contributed by atoms with Gasteiger partial charge in [0, 0.05) is 34.2 Å². The van der Waals surface area contributed by atoms with Gasteiger partial charge in [0.05, 0.1) is 60.0 Å². The molecule has 1 amide bonds. The number of carbonyl (C=O) groups excluding carboxylic acids is 1. The van der Waals surface area contributed by atoms with Crippen molar-refractivity contribution in [3.63, 3.8) is 0 Å². The molecule has 0 spiro atoms. The van der Waals surface area contributed by atoms with Gasteiger partial charge in [0.25, 0.3) is 60.7 Å². The van der Waals surface area contributed by atoms with Crippen molar-refractivity contribution >= 4 is 178 Å². The van der Waals surface area contributed by atoms with Gasteiger partial charge in [0.1, 0.15) is 49.8 Å². The Bertz CT molecular complexity index is 5090. The highest BCUT2D eigenvalue weighted by molar-refractivity contribution is 7.99. The number of nitriles is 1. The molecule has 0 unspecified atom stereocenters. The number of halogens is 1. The number of amides is 1. The van der Waals surface area contributed by atoms with Crippen molar-refractivity contribution < 1.29 is 92.5 Å². The van der Waals surface area contributed by atoms with E-state index in [1.807, 2.05) is 6.07 Å². The first-order chi connectivity index (χ1) is 39.8. The Morgan fingerprint density at radius 3 is 1.94 bits per heavy atom. The number of hydrogen-bond acceptors (Lipinski definition) is 26. The molecule has 0 saturated heterocycles. The molecule has 8 aromatic rings. The van der Waals surface area contributed by atoms with Crippen LogP contribution < -0.4 is 10.1 Å². The summed E-state index contributed by atoms with van der Waals surface area (Å²) in [4.78, 5) is 17.3. The highest BCUT2D eigenvalue weighted by atomic mass is 35.5. The molecule has 0 bridgehead atoms. The van der Waals surface area contributed by atoms with E-state index in [0.717, 1.165) is 41.3 Å². The van der Waals surface area contributed by atoms with Gasteiger partial charge in [-0.1, -0.05) is 22.9 Å². The SMILES string of the molecule is CC(=O)Nc1cc(N=Nc2cc(OCCCS(=O)(=O)O)c(N=Nc3c(C)c(C#N)c4nc5cc(S(=O)(=O)O)cc(Cl)c5n4c3O)cc2C)c(SCCCS(=O)(=O)O)cc1N=Nc1nc2c(S(=O)(=O)O)cc3c(S(=O)(=O)O)cc(S(=O)(=O)O)cc3c2s1. The summed E-state index contributed by atoms with van der Waals surface area (Å²) in [6, 6.07) is 10.7. The van der Waals surface area contributed by atoms with Crippen LogP contribution in [-0.4, -0.2) is 127 Å². The predicted octanol–water partition coefficient (Wildman–Crippen LogP) is 9.32. The number of benzene rings is 5. The van der Waals surface area contributed by atoms with Gasteiger partial charge in [0.15, 0.2) is 11.3 Å².